The summed E-state index contributed by atoms with van der Waals surface area (Å²) in [4.78, 5) is 18.1. The van der Waals surface area contributed by atoms with Crippen LogP contribution in [0.2, 0.25) is 0 Å². The van der Waals surface area contributed by atoms with Crippen LogP contribution in [0, 0.1) is 0 Å². The molecule has 0 atom stereocenters. The number of thiazole rings is 1. The van der Waals surface area contributed by atoms with Crippen LogP contribution in [0.15, 0.2) is 52.4 Å². The van der Waals surface area contributed by atoms with Gasteiger partial charge in [0.2, 0.25) is 10.0 Å². The van der Waals surface area contributed by atoms with Gasteiger partial charge in [0, 0.05) is 39.4 Å². The van der Waals surface area contributed by atoms with Crippen molar-refractivity contribution in [2.45, 2.75) is 31.7 Å². The van der Waals surface area contributed by atoms with Crippen molar-refractivity contribution in [2.24, 2.45) is 4.99 Å². The van der Waals surface area contributed by atoms with Crippen molar-refractivity contribution >= 4 is 37.5 Å². The first-order valence-corrected chi connectivity index (χ1v) is 14.0. The van der Waals surface area contributed by atoms with Crippen LogP contribution >= 0.6 is 11.3 Å². The molecule has 3 aromatic rings. The van der Waals surface area contributed by atoms with Gasteiger partial charge in [0.15, 0.2) is 4.80 Å². The van der Waals surface area contributed by atoms with Gasteiger partial charge in [0.05, 0.1) is 29.4 Å². The molecule has 0 spiro atoms. The van der Waals surface area contributed by atoms with Gasteiger partial charge in [0.1, 0.15) is 11.3 Å². The molecule has 0 N–H and O–H groups in total. The van der Waals surface area contributed by atoms with Crippen LogP contribution in [0.25, 0.3) is 10.2 Å². The largest absolute Gasteiger partial charge is 0.492 e. The fourth-order valence-electron chi connectivity index (χ4n) is 3.69. The molecule has 1 heterocycles. The van der Waals surface area contributed by atoms with E-state index in [-0.39, 0.29) is 31.2 Å². The lowest BCUT2D eigenvalue weighted by Crippen LogP contribution is -2.36. The number of carbonyl (C=O) groups is 1. The van der Waals surface area contributed by atoms with E-state index in [2.05, 4.69) is 11.9 Å². The molecule has 11 heteroatoms. The van der Waals surface area contributed by atoms with Crippen molar-refractivity contribution in [1.82, 2.24) is 8.87 Å². The van der Waals surface area contributed by atoms with Gasteiger partial charge in [-0.3, -0.25) is 4.79 Å². The molecule has 0 saturated carbocycles. The number of methoxy groups -OCH3 is 2. The third kappa shape index (κ3) is 6.40. The van der Waals surface area contributed by atoms with Gasteiger partial charge < -0.3 is 18.8 Å². The van der Waals surface area contributed by atoms with E-state index >= 15 is 0 Å². The minimum Gasteiger partial charge on any atom is -0.492 e. The first kappa shape index (κ1) is 28.0. The molecule has 0 bridgehead atoms. The molecule has 36 heavy (non-hydrogen) atoms. The van der Waals surface area contributed by atoms with E-state index in [0.29, 0.717) is 23.5 Å². The number of fused-ring (bicyclic) bond motifs is 1. The Kier molecular flexibility index (Phi) is 10.2. The molecule has 196 valence electrons. The van der Waals surface area contributed by atoms with Gasteiger partial charge in [-0.2, -0.15) is 9.30 Å². The quantitative estimate of drug-likeness (QED) is 0.332. The lowest BCUT2D eigenvalue weighted by atomic mass is 10.2. The minimum atomic E-state index is -3.77. The maximum Gasteiger partial charge on any atom is 0.279 e. The van der Waals surface area contributed by atoms with Crippen LogP contribution in [-0.4, -0.2) is 70.3 Å². The second kappa shape index (κ2) is 13.1. The predicted octanol–water partition coefficient (Wildman–Crippen LogP) is 3.54. The average Bonchev–Trinajstić information content (AvgIpc) is 3.22. The predicted molar refractivity (Wildman–Crippen MR) is 140 cm³/mol. The highest BCUT2D eigenvalue weighted by Crippen LogP contribution is 2.28. The molecule has 0 aliphatic carbocycles. The summed E-state index contributed by atoms with van der Waals surface area (Å²) in [5.41, 5.74) is 1.23. The summed E-state index contributed by atoms with van der Waals surface area (Å²) in [5, 5.41) is 0. The second-order valence-corrected chi connectivity index (χ2v) is 10.9. The Bertz CT molecular complexity index is 1320. The van der Waals surface area contributed by atoms with Gasteiger partial charge in [-0.15, -0.1) is 0 Å². The lowest BCUT2D eigenvalue weighted by molar-refractivity contribution is 0.0997. The highest BCUT2D eigenvalue weighted by atomic mass is 32.2. The van der Waals surface area contributed by atoms with Gasteiger partial charge >= 0.3 is 0 Å². The number of sulfonamides is 1. The number of amides is 1. The SMILES string of the molecule is CCCn1c(=NC(=O)c2ccc(S(=O)(=O)N(CCOC)CCOC)cc2)sc2cccc(OCC)c21. The van der Waals surface area contributed by atoms with E-state index in [4.69, 9.17) is 14.2 Å². The summed E-state index contributed by atoms with van der Waals surface area (Å²) in [6.07, 6.45) is 0.864. The Balaban J connectivity index is 1.94. The van der Waals surface area contributed by atoms with E-state index in [1.165, 1.54) is 54.1 Å². The molecule has 9 nitrogen and oxygen atoms in total. The summed E-state index contributed by atoms with van der Waals surface area (Å²) in [7, 11) is -0.738. The van der Waals surface area contributed by atoms with Crippen molar-refractivity contribution in [2.75, 3.05) is 47.1 Å². The van der Waals surface area contributed by atoms with Crippen molar-refractivity contribution in [1.29, 1.82) is 0 Å². The Morgan fingerprint density at radius 2 is 1.69 bits per heavy atom. The topological polar surface area (TPSA) is 99.4 Å². The van der Waals surface area contributed by atoms with Gasteiger partial charge in [-0.25, -0.2) is 8.42 Å². The van der Waals surface area contributed by atoms with Gasteiger partial charge in [0.25, 0.3) is 5.91 Å². The Morgan fingerprint density at radius 1 is 1.03 bits per heavy atom. The maximum atomic E-state index is 13.1. The Hall–Kier alpha value is -2.57. The third-order valence-corrected chi connectivity index (χ3v) is 8.39. The summed E-state index contributed by atoms with van der Waals surface area (Å²) >= 11 is 1.42. The number of ether oxygens (including phenoxy) is 3. The van der Waals surface area contributed by atoms with Gasteiger partial charge in [-0.05, 0) is 49.7 Å². The van der Waals surface area contributed by atoms with Crippen LogP contribution in [-0.2, 0) is 26.0 Å². The summed E-state index contributed by atoms with van der Waals surface area (Å²) in [6, 6.07) is 11.7. The van der Waals surface area contributed by atoms with Crippen molar-refractivity contribution < 1.29 is 27.4 Å². The molecule has 0 radical (unpaired) electrons. The maximum absolute atomic E-state index is 13.1. The Morgan fingerprint density at radius 3 is 2.28 bits per heavy atom. The molecule has 1 amide bonds. The van der Waals surface area contributed by atoms with Gasteiger partial charge in [-0.1, -0.05) is 24.3 Å². The fraction of sp³-hybridized carbons (Fsp3) is 0.440. The molecular formula is C25H33N3O6S2. The van der Waals surface area contributed by atoms with Crippen molar-refractivity contribution in [3.05, 3.63) is 52.8 Å². The fourth-order valence-corrected chi connectivity index (χ4v) is 6.17. The first-order valence-electron chi connectivity index (χ1n) is 11.8. The van der Waals surface area contributed by atoms with Crippen molar-refractivity contribution in [3.8, 4) is 5.75 Å². The summed E-state index contributed by atoms with van der Waals surface area (Å²) in [5.74, 6) is 0.318. The molecule has 0 unspecified atom stereocenters. The number of nitrogens with zero attached hydrogens (tertiary/aromatic N) is 3. The van der Waals surface area contributed by atoms with E-state index in [1.54, 1.807) is 0 Å². The minimum absolute atomic E-state index is 0.0931. The Labute approximate surface area is 216 Å². The number of hydrogen-bond donors (Lipinski definition) is 0. The molecule has 2 aromatic carbocycles. The standard InChI is InChI=1S/C25H33N3O6S2/c1-5-14-28-23-21(34-6-2)8-7-9-22(23)35-25(28)26-24(29)19-10-12-20(13-11-19)36(30,31)27(15-17-32-3)16-18-33-4/h7-13H,5-6,14-18H2,1-4H3. The molecule has 3 rings (SSSR count). The summed E-state index contributed by atoms with van der Waals surface area (Å²) < 4.78 is 46.4. The molecule has 0 fully saturated rings. The van der Waals surface area contributed by atoms with Crippen molar-refractivity contribution in [3.63, 3.8) is 0 Å². The normalized spacial score (nSPS) is 12.5. The van der Waals surface area contributed by atoms with Crippen LogP contribution in [0.5, 0.6) is 5.75 Å². The average molecular weight is 536 g/mol. The number of benzene rings is 2. The second-order valence-electron chi connectivity index (χ2n) is 7.90. The van der Waals surface area contributed by atoms with E-state index in [1.807, 2.05) is 29.7 Å². The molecule has 0 aliphatic rings. The third-order valence-electron chi connectivity index (χ3n) is 5.44. The monoisotopic (exact) mass is 535 g/mol. The highest BCUT2D eigenvalue weighted by molar-refractivity contribution is 7.89. The smallest absolute Gasteiger partial charge is 0.279 e. The zero-order valence-electron chi connectivity index (χ0n) is 21.1. The zero-order valence-corrected chi connectivity index (χ0v) is 22.7. The summed E-state index contributed by atoms with van der Waals surface area (Å²) in [6.45, 7) is 6.14. The van der Waals surface area contributed by atoms with Crippen LogP contribution < -0.4 is 9.54 Å². The molecule has 0 saturated heterocycles. The number of aryl methyl sites for hydroxylation is 1. The number of rotatable bonds is 13. The van der Waals surface area contributed by atoms with Crippen LogP contribution in [0.1, 0.15) is 30.6 Å². The number of carbonyl (C=O) groups excluding carboxylic acids is 1. The van der Waals surface area contributed by atoms with E-state index in [9.17, 15) is 13.2 Å². The number of hydrogen-bond acceptors (Lipinski definition) is 7. The molecule has 0 aliphatic heterocycles. The first-order chi connectivity index (χ1) is 17.4. The van der Waals surface area contributed by atoms with E-state index < -0.39 is 15.9 Å². The van der Waals surface area contributed by atoms with Crippen LogP contribution in [0.3, 0.4) is 0 Å². The molecular weight excluding hydrogens is 502 g/mol. The molecule has 1 aromatic heterocycles. The number of aromatic nitrogens is 1. The zero-order chi connectivity index (χ0) is 26.1. The van der Waals surface area contributed by atoms with Crippen LogP contribution in [0.4, 0.5) is 0 Å². The van der Waals surface area contributed by atoms with E-state index in [0.717, 1.165) is 22.4 Å². The highest BCUT2D eigenvalue weighted by Gasteiger charge is 2.24. The lowest BCUT2D eigenvalue weighted by Gasteiger charge is -2.21. The number of para-hydroxylation sites is 1.